The summed E-state index contributed by atoms with van der Waals surface area (Å²) in [5.74, 6) is -0.351. The molecular weight excluding hydrogens is 286 g/mol. The number of rotatable bonds is 4. The fourth-order valence-electron chi connectivity index (χ4n) is 2.52. The van der Waals surface area contributed by atoms with Crippen LogP contribution in [0.15, 0.2) is 18.2 Å². The Kier molecular flexibility index (Phi) is 4.58. The van der Waals surface area contributed by atoms with Crippen LogP contribution in [0.2, 0.25) is 0 Å². The lowest BCUT2D eigenvalue weighted by Crippen LogP contribution is -2.53. The third-order valence-corrected chi connectivity index (χ3v) is 3.94. The van der Waals surface area contributed by atoms with Gasteiger partial charge in [-0.25, -0.2) is 0 Å². The zero-order chi connectivity index (χ0) is 16.3. The molecule has 1 aliphatic heterocycles. The van der Waals surface area contributed by atoms with Crippen molar-refractivity contribution in [3.8, 4) is 6.07 Å². The van der Waals surface area contributed by atoms with Gasteiger partial charge in [-0.3, -0.25) is 19.8 Å². The van der Waals surface area contributed by atoms with E-state index in [1.54, 1.807) is 13.0 Å². The van der Waals surface area contributed by atoms with Crippen molar-refractivity contribution < 1.29 is 9.72 Å². The summed E-state index contributed by atoms with van der Waals surface area (Å²) in [5, 5.41) is 19.9. The molecule has 1 fully saturated rings. The van der Waals surface area contributed by atoms with Gasteiger partial charge in [-0.2, -0.15) is 5.26 Å². The molecule has 2 rings (SSSR count). The van der Waals surface area contributed by atoms with E-state index in [9.17, 15) is 14.9 Å². The molecule has 1 aromatic carbocycles. The predicted octanol–water partition coefficient (Wildman–Crippen LogP) is 0.462. The van der Waals surface area contributed by atoms with Crippen molar-refractivity contribution in [2.75, 3.05) is 31.1 Å². The Morgan fingerprint density at radius 3 is 2.55 bits per heavy atom. The fourth-order valence-corrected chi connectivity index (χ4v) is 2.52. The van der Waals surface area contributed by atoms with Gasteiger partial charge in [0.05, 0.1) is 11.0 Å². The molecular formula is C14H17N5O3. The van der Waals surface area contributed by atoms with Gasteiger partial charge in [0, 0.05) is 37.9 Å². The number of benzene rings is 1. The number of primary amides is 1. The van der Waals surface area contributed by atoms with Gasteiger partial charge in [0.15, 0.2) is 0 Å². The molecule has 1 amide bonds. The van der Waals surface area contributed by atoms with E-state index >= 15 is 0 Å². The molecule has 1 aromatic rings. The molecule has 0 aliphatic carbocycles. The van der Waals surface area contributed by atoms with E-state index in [4.69, 9.17) is 11.0 Å². The number of nitro groups is 1. The highest BCUT2D eigenvalue weighted by Crippen LogP contribution is 2.25. The third kappa shape index (κ3) is 3.15. The van der Waals surface area contributed by atoms with Crippen LogP contribution in [0.5, 0.6) is 0 Å². The first-order valence-corrected chi connectivity index (χ1v) is 6.91. The summed E-state index contributed by atoms with van der Waals surface area (Å²) in [5.41, 5.74) is 5.94. The number of anilines is 1. The Hall–Kier alpha value is -2.66. The van der Waals surface area contributed by atoms with Crippen molar-refractivity contribution in [1.29, 1.82) is 5.26 Å². The Bertz CT molecular complexity index is 632. The Labute approximate surface area is 127 Å². The molecule has 1 saturated heterocycles. The van der Waals surface area contributed by atoms with Crippen LogP contribution in [0.25, 0.3) is 0 Å². The van der Waals surface area contributed by atoms with E-state index in [2.05, 4.69) is 0 Å². The number of carbonyl (C=O) groups excluding carboxylic acids is 1. The van der Waals surface area contributed by atoms with E-state index in [0.29, 0.717) is 26.2 Å². The molecule has 0 radical (unpaired) electrons. The second-order valence-corrected chi connectivity index (χ2v) is 5.17. The first kappa shape index (κ1) is 15.7. The Balaban J connectivity index is 2.10. The molecule has 0 spiro atoms. The number of nitrogens with zero attached hydrogens (tertiary/aromatic N) is 4. The average molecular weight is 303 g/mol. The summed E-state index contributed by atoms with van der Waals surface area (Å²) < 4.78 is 0. The lowest BCUT2D eigenvalue weighted by Gasteiger charge is -2.38. The van der Waals surface area contributed by atoms with Crippen molar-refractivity contribution in [1.82, 2.24) is 4.90 Å². The largest absolute Gasteiger partial charge is 0.369 e. The second-order valence-electron chi connectivity index (χ2n) is 5.17. The van der Waals surface area contributed by atoms with E-state index in [1.807, 2.05) is 15.9 Å². The number of hydrogen-bond acceptors (Lipinski definition) is 6. The first-order valence-electron chi connectivity index (χ1n) is 6.91. The van der Waals surface area contributed by atoms with Crippen molar-refractivity contribution >= 4 is 17.3 Å². The lowest BCUT2D eigenvalue weighted by atomic mass is 10.1. The molecule has 8 nitrogen and oxygen atoms in total. The van der Waals surface area contributed by atoms with Gasteiger partial charge in [0.25, 0.3) is 5.69 Å². The molecule has 116 valence electrons. The summed E-state index contributed by atoms with van der Waals surface area (Å²) in [6.45, 7) is 4.45. The normalized spacial score (nSPS) is 16.8. The number of amides is 1. The number of nitro benzene ring substituents is 1. The topological polar surface area (TPSA) is 116 Å². The zero-order valence-electron chi connectivity index (χ0n) is 12.2. The average Bonchev–Trinajstić information content (AvgIpc) is 2.53. The van der Waals surface area contributed by atoms with Crippen LogP contribution in [0.1, 0.15) is 12.5 Å². The number of nitriles is 1. The summed E-state index contributed by atoms with van der Waals surface area (Å²) in [6, 6.07) is 6.08. The minimum Gasteiger partial charge on any atom is -0.369 e. The molecule has 1 aliphatic rings. The number of nitrogens with two attached hydrogens (primary N) is 1. The maximum Gasteiger partial charge on any atom is 0.287 e. The standard InChI is InChI=1S/C14H17N5O3/c1-10(14(16)20)17-4-6-18(7-5-17)12-2-3-13(19(21)22)11(8-12)9-15/h2-3,8,10H,4-7H2,1H3,(H2,16,20). The number of hydrogen-bond donors (Lipinski definition) is 1. The Morgan fingerprint density at radius 2 is 2.05 bits per heavy atom. The minimum absolute atomic E-state index is 0.0513. The van der Waals surface area contributed by atoms with E-state index < -0.39 is 4.92 Å². The van der Waals surface area contributed by atoms with Gasteiger partial charge >= 0.3 is 0 Å². The molecule has 1 unspecified atom stereocenters. The maximum absolute atomic E-state index is 11.2. The van der Waals surface area contributed by atoms with Gasteiger partial charge in [-0.15, -0.1) is 0 Å². The molecule has 0 saturated carbocycles. The third-order valence-electron chi connectivity index (χ3n) is 3.94. The van der Waals surface area contributed by atoms with Crippen LogP contribution in [0.4, 0.5) is 11.4 Å². The van der Waals surface area contributed by atoms with Crippen LogP contribution in [0, 0.1) is 21.4 Å². The fraction of sp³-hybridized carbons (Fsp3) is 0.429. The van der Waals surface area contributed by atoms with E-state index in [0.717, 1.165) is 5.69 Å². The smallest absolute Gasteiger partial charge is 0.287 e. The van der Waals surface area contributed by atoms with Crippen LogP contribution in [0.3, 0.4) is 0 Å². The molecule has 1 atom stereocenters. The van der Waals surface area contributed by atoms with Crippen molar-refractivity contribution in [2.45, 2.75) is 13.0 Å². The van der Waals surface area contributed by atoms with Crippen LogP contribution < -0.4 is 10.6 Å². The minimum atomic E-state index is -0.561. The van der Waals surface area contributed by atoms with Crippen molar-refractivity contribution in [2.24, 2.45) is 5.73 Å². The summed E-state index contributed by atoms with van der Waals surface area (Å²) in [7, 11) is 0. The van der Waals surface area contributed by atoms with Crippen molar-refractivity contribution in [3.05, 3.63) is 33.9 Å². The van der Waals surface area contributed by atoms with Gasteiger partial charge in [-0.1, -0.05) is 0 Å². The van der Waals surface area contributed by atoms with Gasteiger partial charge < -0.3 is 10.6 Å². The highest BCUT2D eigenvalue weighted by Gasteiger charge is 2.25. The lowest BCUT2D eigenvalue weighted by molar-refractivity contribution is -0.385. The molecule has 22 heavy (non-hydrogen) atoms. The highest BCUT2D eigenvalue weighted by molar-refractivity contribution is 5.79. The summed E-state index contributed by atoms with van der Waals surface area (Å²) >= 11 is 0. The first-order chi connectivity index (χ1) is 10.4. The summed E-state index contributed by atoms with van der Waals surface area (Å²) in [6.07, 6.45) is 0. The molecule has 1 heterocycles. The van der Waals surface area contributed by atoms with E-state index in [-0.39, 0.29) is 23.2 Å². The van der Waals surface area contributed by atoms with Crippen molar-refractivity contribution in [3.63, 3.8) is 0 Å². The quantitative estimate of drug-likeness (QED) is 0.638. The zero-order valence-corrected chi connectivity index (χ0v) is 12.2. The van der Waals surface area contributed by atoms with Crippen LogP contribution in [-0.2, 0) is 4.79 Å². The molecule has 8 heteroatoms. The molecule has 0 aromatic heterocycles. The Morgan fingerprint density at radius 1 is 1.41 bits per heavy atom. The monoisotopic (exact) mass is 303 g/mol. The maximum atomic E-state index is 11.2. The van der Waals surface area contributed by atoms with Crippen LogP contribution in [-0.4, -0.2) is 48.0 Å². The number of piperazine rings is 1. The van der Waals surface area contributed by atoms with E-state index in [1.165, 1.54) is 12.1 Å². The highest BCUT2D eigenvalue weighted by atomic mass is 16.6. The van der Waals surface area contributed by atoms with Crippen LogP contribution >= 0.6 is 0 Å². The SMILES string of the molecule is CC(C(N)=O)N1CCN(c2ccc([N+](=O)[O-])c(C#N)c2)CC1. The second kappa shape index (κ2) is 6.41. The number of carbonyl (C=O) groups is 1. The molecule has 0 bridgehead atoms. The summed E-state index contributed by atoms with van der Waals surface area (Å²) in [4.78, 5) is 25.5. The van der Waals surface area contributed by atoms with Gasteiger partial charge in [0.1, 0.15) is 11.6 Å². The van der Waals surface area contributed by atoms with Gasteiger partial charge in [0.2, 0.25) is 5.91 Å². The molecule has 2 N–H and O–H groups in total. The van der Waals surface area contributed by atoms with Gasteiger partial charge in [-0.05, 0) is 19.1 Å². The predicted molar refractivity (Wildman–Crippen MR) is 80.3 cm³/mol.